The number of anilines is 1. The molecule has 7 nitrogen and oxygen atoms in total. The maximum absolute atomic E-state index is 12.2. The Kier molecular flexibility index (Phi) is 4.28. The van der Waals surface area contributed by atoms with E-state index in [2.05, 4.69) is 25.8 Å². The molecule has 1 atom stereocenters. The minimum Gasteiger partial charge on any atom is -0.337 e. The topological polar surface area (TPSA) is 92.9 Å². The summed E-state index contributed by atoms with van der Waals surface area (Å²) in [6.45, 7) is 1.73. The zero-order valence-corrected chi connectivity index (χ0v) is 12.4. The summed E-state index contributed by atoms with van der Waals surface area (Å²) in [5.74, 6) is 0.843. The normalized spacial score (nSPS) is 11.7. The fourth-order valence-electron chi connectivity index (χ4n) is 2.10. The van der Waals surface area contributed by atoms with Crippen molar-refractivity contribution in [3.8, 4) is 0 Å². The summed E-state index contributed by atoms with van der Waals surface area (Å²) in [4.78, 5) is 20.4. The first-order chi connectivity index (χ1) is 11.2. The predicted molar refractivity (Wildman–Crippen MR) is 83.7 cm³/mol. The first-order valence-corrected chi connectivity index (χ1v) is 7.05. The highest BCUT2D eigenvalue weighted by molar-refractivity contribution is 5.89. The standard InChI is InChI=1S/C16H15N5O2/c1-11-18-15(23-21-11)14(12-5-3-2-4-6-12)20-16(22)19-13-7-9-17-10-8-13/h2-10,14H,1H3,(H2,17,19,20,22). The van der Waals surface area contributed by atoms with Crippen LogP contribution >= 0.6 is 0 Å². The molecule has 1 aromatic carbocycles. The molecule has 0 spiro atoms. The minimum absolute atomic E-state index is 0.332. The summed E-state index contributed by atoms with van der Waals surface area (Å²) in [7, 11) is 0. The van der Waals surface area contributed by atoms with Gasteiger partial charge in [0.2, 0.25) is 0 Å². The number of rotatable bonds is 4. The number of carbonyl (C=O) groups is 1. The molecule has 0 aliphatic heterocycles. The van der Waals surface area contributed by atoms with Gasteiger partial charge in [0.05, 0.1) is 0 Å². The van der Waals surface area contributed by atoms with Crippen molar-refractivity contribution >= 4 is 11.7 Å². The molecular formula is C16H15N5O2. The van der Waals surface area contributed by atoms with E-state index in [1.54, 1.807) is 31.5 Å². The van der Waals surface area contributed by atoms with Gasteiger partial charge in [0, 0.05) is 18.1 Å². The molecule has 0 bridgehead atoms. The molecule has 0 saturated carbocycles. The number of hydrogen-bond donors (Lipinski definition) is 2. The van der Waals surface area contributed by atoms with Gasteiger partial charge in [-0.15, -0.1) is 0 Å². The van der Waals surface area contributed by atoms with Crippen LogP contribution in [0.25, 0.3) is 0 Å². The van der Waals surface area contributed by atoms with Crippen LogP contribution in [0.4, 0.5) is 10.5 Å². The highest BCUT2D eigenvalue weighted by atomic mass is 16.5. The molecule has 2 heterocycles. The molecule has 23 heavy (non-hydrogen) atoms. The van der Waals surface area contributed by atoms with Crippen molar-refractivity contribution in [3.63, 3.8) is 0 Å². The number of pyridine rings is 1. The van der Waals surface area contributed by atoms with Crippen molar-refractivity contribution in [2.24, 2.45) is 0 Å². The molecule has 0 aliphatic rings. The fraction of sp³-hybridized carbons (Fsp3) is 0.125. The molecule has 0 saturated heterocycles. The fourth-order valence-corrected chi connectivity index (χ4v) is 2.10. The Labute approximate surface area is 132 Å². The van der Waals surface area contributed by atoms with Gasteiger partial charge in [0.1, 0.15) is 6.04 Å². The third-order valence-electron chi connectivity index (χ3n) is 3.14. The monoisotopic (exact) mass is 309 g/mol. The van der Waals surface area contributed by atoms with E-state index in [9.17, 15) is 4.79 Å². The molecule has 0 fully saturated rings. The lowest BCUT2D eigenvalue weighted by molar-refractivity contribution is 0.247. The van der Waals surface area contributed by atoms with Crippen LogP contribution in [0, 0.1) is 6.92 Å². The van der Waals surface area contributed by atoms with Crippen LogP contribution in [0.5, 0.6) is 0 Å². The van der Waals surface area contributed by atoms with Crippen LogP contribution in [-0.2, 0) is 0 Å². The smallest absolute Gasteiger partial charge is 0.320 e. The van der Waals surface area contributed by atoms with Crippen LogP contribution in [0.3, 0.4) is 0 Å². The molecule has 116 valence electrons. The predicted octanol–water partition coefficient (Wildman–Crippen LogP) is 2.68. The van der Waals surface area contributed by atoms with Crippen molar-refractivity contribution in [1.29, 1.82) is 0 Å². The van der Waals surface area contributed by atoms with E-state index in [-0.39, 0.29) is 6.03 Å². The lowest BCUT2D eigenvalue weighted by Gasteiger charge is -2.16. The largest absolute Gasteiger partial charge is 0.337 e. The number of amides is 2. The number of urea groups is 1. The number of carbonyl (C=O) groups excluding carboxylic acids is 1. The first kappa shape index (κ1) is 14.7. The van der Waals surface area contributed by atoms with Gasteiger partial charge in [-0.3, -0.25) is 4.98 Å². The molecule has 7 heteroatoms. The van der Waals surface area contributed by atoms with E-state index in [4.69, 9.17) is 4.52 Å². The number of nitrogens with zero attached hydrogens (tertiary/aromatic N) is 3. The number of nitrogens with one attached hydrogen (secondary N) is 2. The molecule has 3 aromatic rings. The van der Waals surface area contributed by atoms with E-state index in [0.29, 0.717) is 17.4 Å². The maximum atomic E-state index is 12.2. The molecule has 0 radical (unpaired) electrons. The van der Waals surface area contributed by atoms with Crippen molar-refractivity contribution < 1.29 is 9.32 Å². The first-order valence-electron chi connectivity index (χ1n) is 7.05. The lowest BCUT2D eigenvalue weighted by atomic mass is 10.1. The summed E-state index contributed by atoms with van der Waals surface area (Å²) in [6.07, 6.45) is 3.21. The minimum atomic E-state index is -0.528. The second-order valence-electron chi connectivity index (χ2n) is 4.86. The van der Waals surface area contributed by atoms with Crippen molar-refractivity contribution in [1.82, 2.24) is 20.4 Å². The van der Waals surface area contributed by atoms with E-state index >= 15 is 0 Å². The maximum Gasteiger partial charge on any atom is 0.320 e. The van der Waals surface area contributed by atoms with Crippen LogP contribution in [0.2, 0.25) is 0 Å². The zero-order valence-electron chi connectivity index (χ0n) is 12.4. The Balaban J connectivity index is 1.80. The van der Waals surface area contributed by atoms with Crippen LogP contribution in [0.15, 0.2) is 59.4 Å². The molecule has 2 aromatic heterocycles. The Bertz CT molecular complexity index is 773. The summed E-state index contributed by atoms with van der Waals surface area (Å²) >= 11 is 0. The summed E-state index contributed by atoms with van der Waals surface area (Å²) in [5.41, 5.74) is 1.49. The summed E-state index contributed by atoms with van der Waals surface area (Å²) in [6, 6.07) is 11.9. The molecule has 3 rings (SSSR count). The molecule has 2 amide bonds. The van der Waals surface area contributed by atoms with Crippen LogP contribution in [0.1, 0.15) is 23.3 Å². The Hall–Kier alpha value is -3.22. The second kappa shape index (κ2) is 6.69. The Morgan fingerprint density at radius 1 is 1.13 bits per heavy atom. The number of benzene rings is 1. The van der Waals surface area contributed by atoms with Gasteiger partial charge in [-0.05, 0) is 24.6 Å². The average molecular weight is 309 g/mol. The van der Waals surface area contributed by atoms with E-state index < -0.39 is 6.04 Å². The van der Waals surface area contributed by atoms with Gasteiger partial charge in [-0.2, -0.15) is 4.98 Å². The lowest BCUT2D eigenvalue weighted by Crippen LogP contribution is -2.33. The molecule has 2 N–H and O–H groups in total. The third-order valence-corrected chi connectivity index (χ3v) is 3.14. The summed E-state index contributed by atoms with van der Waals surface area (Å²) in [5, 5.41) is 9.37. The van der Waals surface area contributed by atoms with Crippen molar-refractivity contribution in [2.45, 2.75) is 13.0 Å². The molecule has 1 unspecified atom stereocenters. The van der Waals surface area contributed by atoms with E-state index in [1.807, 2.05) is 30.3 Å². The van der Waals surface area contributed by atoms with Crippen LogP contribution < -0.4 is 10.6 Å². The highest BCUT2D eigenvalue weighted by Crippen LogP contribution is 2.20. The SMILES string of the molecule is Cc1noc(C(NC(=O)Nc2ccncc2)c2ccccc2)n1. The molecule has 0 aliphatic carbocycles. The average Bonchev–Trinajstić information content (AvgIpc) is 3.00. The Morgan fingerprint density at radius 2 is 1.87 bits per heavy atom. The third kappa shape index (κ3) is 3.70. The number of aromatic nitrogens is 3. The van der Waals surface area contributed by atoms with Crippen LogP contribution in [-0.4, -0.2) is 21.2 Å². The van der Waals surface area contributed by atoms with Gasteiger partial charge in [0.25, 0.3) is 5.89 Å². The molecular weight excluding hydrogens is 294 g/mol. The van der Waals surface area contributed by atoms with Crippen molar-refractivity contribution in [2.75, 3.05) is 5.32 Å². The quantitative estimate of drug-likeness (QED) is 0.773. The van der Waals surface area contributed by atoms with Gasteiger partial charge in [0.15, 0.2) is 5.82 Å². The highest BCUT2D eigenvalue weighted by Gasteiger charge is 2.22. The summed E-state index contributed by atoms with van der Waals surface area (Å²) < 4.78 is 5.22. The number of aryl methyl sites for hydroxylation is 1. The van der Waals surface area contributed by atoms with E-state index in [1.165, 1.54) is 0 Å². The van der Waals surface area contributed by atoms with Gasteiger partial charge in [-0.1, -0.05) is 35.5 Å². The zero-order chi connectivity index (χ0) is 16.1. The van der Waals surface area contributed by atoms with E-state index in [0.717, 1.165) is 5.56 Å². The van der Waals surface area contributed by atoms with Crippen molar-refractivity contribution in [3.05, 3.63) is 72.1 Å². The van der Waals surface area contributed by atoms with Gasteiger partial charge in [-0.25, -0.2) is 4.79 Å². The number of hydrogen-bond acceptors (Lipinski definition) is 5. The Morgan fingerprint density at radius 3 is 2.52 bits per heavy atom. The second-order valence-corrected chi connectivity index (χ2v) is 4.86. The van der Waals surface area contributed by atoms with Gasteiger partial charge >= 0.3 is 6.03 Å². The van der Waals surface area contributed by atoms with Gasteiger partial charge < -0.3 is 15.2 Å².